The Bertz CT molecular complexity index is 728. The van der Waals surface area contributed by atoms with Gasteiger partial charge >= 0.3 is 6.03 Å². The van der Waals surface area contributed by atoms with Crippen molar-refractivity contribution in [3.05, 3.63) is 65.5 Å². The van der Waals surface area contributed by atoms with E-state index in [2.05, 4.69) is 54.4 Å². The lowest BCUT2D eigenvalue weighted by molar-refractivity contribution is 0.186. The first-order valence-electron chi connectivity index (χ1n) is 9.21. The lowest BCUT2D eigenvalue weighted by Gasteiger charge is -2.29. The summed E-state index contributed by atoms with van der Waals surface area (Å²) in [6.45, 7) is 3.32. The Morgan fingerprint density at radius 2 is 2.00 bits per heavy atom. The largest absolute Gasteiger partial charge is 0.336 e. The molecule has 3 rings (SSSR count). The summed E-state index contributed by atoms with van der Waals surface area (Å²) >= 11 is 0. The average Bonchev–Trinajstić information content (AvgIpc) is 3.46. The van der Waals surface area contributed by atoms with E-state index >= 15 is 0 Å². The van der Waals surface area contributed by atoms with E-state index in [4.69, 9.17) is 0 Å². The lowest BCUT2D eigenvalue weighted by atomic mass is 10.0. The molecule has 5 heteroatoms. The lowest BCUT2D eigenvalue weighted by Crippen LogP contribution is -2.44. The first-order valence-corrected chi connectivity index (χ1v) is 9.21. The van der Waals surface area contributed by atoms with Gasteiger partial charge in [0.2, 0.25) is 0 Å². The van der Waals surface area contributed by atoms with Gasteiger partial charge in [-0.2, -0.15) is 0 Å². The molecule has 2 amide bonds. The number of aryl methyl sites for hydroxylation is 1. The van der Waals surface area contributed by atoms with Crippen LogP contribution in [0.25, 0.3) is 0 Å². The maximum Gasteiger partial charge on any atom is 0.318 e. The van der Waals surface area contributed by atoms with Gasteiger partial charge in [-0.3, -0.25) is 4.98 Å². The predicted octanol–water partition coefficient (Wildman–Crippen LogP) is 3.37. The SMILES string of the molecule is Cc1ccccc1[C@H](CNC(=O)N(Cc1cccnc1)C1CC1)N(C)C. The summed E-state index contributed by atoms with van der Waals surface area (Å²) in [5, 5.41) is 3.16. The number of nitrogens with zero attached hydrogens (tertiary/aromatic N) is 3. The summed E-state index contributed by atoms with van der Waals surface area (Å²) in [6.07, 6.45) is 5.76. The van der Waals surface area contributed by atoms with Crippen LogP contribution in [-0.4, -0.2) is 47.5 Å². The van der Waals surface area contributed by atoms with Gasteiger partial charge in [0, 0.05) is 31.5 Å². The highest BCUT2D eigenvalue weighted by Crippen LogP contribution is 2.28. The van der Waals surface area contributed by atoms with E-state index in [9.17, 15) is 4.79 Å². The molecule has 1 saturated carbocycles. The van der Waals surface area contributed by atoms with E-state index < -0.39 is 0 Å². The quantitative estimate of drug-likeness (QED) is 0.831. The summed E-state index contributed by atoms with van der Waals surface area (Å²) in [6, 6.07) is 12.8. The third kappa shape index (κ3) is 4.61. The van der Waals surface area contributed by atoms with Crippen LogP contribution in [-0.2, 0) is 6.54 Å². The standard InChI is InChI=1S/C21H28N4O/c1-16-7-4-5-9-19(16)20(24(2)3)14-23-21(26)25(18-10-11-18)15-17-8-6-12-22-13-17/h4-9,12-13,18,20H,10-11,14-15H2,1-3H3,(H,23,26)/t20-/m0/s1. The molecule has 1 atom stereocenters. The van der Waals surface area contributed by atoms with Crippen molar-refractivity contribution in [1.29, 1.82) is 0 Å². The number of likely N-dealkylation sites (N-methyl/N-ethyl adjacent to an activating group) is 1. The van der Waals surface area contributed by atoms with E-state index in [1.54, 1.807) is 6.20 Å². The minimum Gasteiger partial charge on any atom is -0.336 e. The first-order chi connectivity index (χ1) is 12.6. The zero-order valence-corrected chi connectivity index (χ0v) is 15.9. The van der Waals surface area contributed by atoms with E-state index in [0.29, 0.717) is 19.1 Å². The van der Waals surface area contributed by atoms with Crippen LogP contribution in [0.1, 0.15) is 35.6 Å². The second-order valence-corrected chi connectivity index (χ2v) is 7.24. The number of rotatable bonds is 7. The monoisotopic (exact) mass is 352 g/mol. The van der Waals surface area contributed by atoms with Crippen LogP contribution < -0.4 is 5.32 Å². The summed E-state index contributed by atoms with van der Waals surface area (Å²) in [4.78, 5) is 21.1. The Hall–Kier alpha value is -2.40. The molecule has 26 heavy (non-hydrogen) atoms. The van der Waals surface area contributed by atoms with Gasteiger partial charge in [0.1, 0.15) is 0 Å². The van der Waals surface area contributed by atoms with Crippen molar-refractivity contribution < 1.29 is 4.79 Å². The van der Waals surface area contributed by atoms with E-state index in [1.807, 2.05) is 29.3 Å². The highest BCUT2D eigenvalue weighted by atomic mass is 16.2. The molecule has 1 aromatic carbocycles. The third-order valence-electron chi connectivity index (χ3n) is 4.94. The fourth-order valence-corrected chi connectivity index (χ4v) is 3.26. The Labute approximate surface area is 156 Å². The first kappa shape index (κ1) is 18.4. The molecule has 0 spiro atoms. The van der Waals surface area contributed by atoms with Gasteiger partial charge in [0.15, 0.2) is 0 Å². The molecule has 138 valence electrons. The average molecular weight is 352 g/mol. The Morgan fingerprint density at radius 1 is 1.23 bits per heavy atom. The topological polar surface area (TPSA) is 48.5 Å². The zero-order chi connectivity index (χ0) is 18.5. The van der Waals surface area contributed by atoms with Gasteiger partial charge in [-0.05, 0) is 56.6 Å². The van der Waals surface area contributed by atoms with Crippen LogP contribution in [0.15, 0.2) is 48.8 Å². The predicted molar refractivity (Wildman–Crippen MR) is 104 cm³/mol. The van der Waals surface area contributed by atoms with E-state index in [1.165, 1.54) is 11.1 Å². The fourth-order valence-electron chi connectivity index (χ4n) is 3.26. The number of hydrogen-bond donors (Lipinski definition) is 1. The second-order valence-electron chi connectivity index (χ2n) is 7.24. The minimum atomic E-state index is 0.0109. The van der Waals surface area contributed by atoms with Gasteiger partial charge in [-0.25, -0.2) is 4.79 Å². The summed E-state index contributed by atoms with van der Waals surface area (Å²) < 4.78 is 0. The number of urea groups is 1. The Morgan fingerprint density at radius 3 is 2.62 bits per heavy atom. The van der Waals surface area contributed by atoms with Crippen molar-refractivity contribution in [3.63, 3.8) is 0 Å². The molecule has 1 aliphatic rings. The molecule has 2 aromatic rings. The highest BCUT2D eigenvalue weighted by molar-refractivity contribution is 5.75. The number of hydrogen-bond acceptors (Lipinski definition) is 3. The molecule has 0 radical (unpaired) electrons. The minimum absolute atomic E-state index is 0.0109. The Balaban J connectivity index is 1.66. The number of carbonyl (C=O) groups excluding carboxylic acids is 1. The Kier molecular flexibility index (Phi) is 5.89. The van der Waals surface area contributed by atoms with Crippen molar-refractivity contribution >= 4 is 6.03 Å². The van der Waals surface area contributed by atoms with Crippen molar-refractivity contribution in [2.75, 3.05) is 20.6 Å². The van der Waals surface area contributed by atoms with Crippen LogP contribution >= 0.6 is 0 Å². The van der Waals surface area contributed by atoms with Crippen LogP contribution in [0.4, 0.5) is 4.79 Å². The molecule has 1 fully saturated rings. The van der Waals surface area contributed by atoms with Crippen molar-refractivity contribution in [2.45, 2.75) is 38.4 Å². The smallest absolute Gasteiger partial charge is 0.318 e. The molecule has 1 heterocycles. The van der Waals surface area contributed by atoms with E-state index in [-0.39, 0.29) is 12.1 Å². The van der Waals surface area contributed by atoms with Gasteiger partial charge in [-0.1, -0.05) is 30.3 Å². The highest BCUT2D eigenvalue weighted by Gasteiger charge is 2.33. The zero-order valence-electron chi connectivity index (χ0n) is 15.9. The molecule has 0 bridgehead atoms. The molecule has 1 aliphatic carbocycles. The summed E-state index contributed by atoms with van der Waals surface area (Å²) in [5.74, 6) is 0. The van der Waals surface area contributed by atoms with Crippen LogP contribution in [0.2, 0.25) is 0 Å². The molecule has 1 aromatic heterocycles. The molecule has 0 saturated heterocycles. The van der Waals surface area contributed by atoms with Crippen molar-refractivity contribution in [2.24, 2.45) is 0 Å². The van der Waals surface area contributed by atoms with Gasteiger partial charge in [-0.15, -0.1) is 0 Å². The summed E-state index contributed by atoms with van der Waals surface area (Å²) in [7, 11) is 4.11. The van der Waals surface area contributed by atoms with Gasteiger partial charge in [0.25, 0.3) is 0 Å². The van der Waals surface area contributed by atoms with Gasteiger partial charge < -0.3 is 15.1 Å². The van der Waals surface area contributed by atoms with Gasteiger partial charge in [0.05, 0.1) is 6.04 Å². The number of pyridine rings is 1. The molecule has 0 aliphatic heterocycles. The van der Waals surface area contributed by atoms with E-state index in [0.717, 1.165) is 18.4 Å². The van der Waals surface area contributed by atoms with Crippen LogP contribution in [0.3, 0.4) is 0 Å². The summed E-state index contributed by atoms with van der Waals surface area (Å²) in [5.41, 5.74) is 3.57. The maximum atomic E-state index is 12.8. The molecule has 0 unspecified atom stereocenters. The molecule has 1 N–H and O–H groups in total. The number of amides is 2. The fraction of sp³-hybridized carbons (Fsp3) is 0.429. The normalized spacial score (nSPS) is 14.9. The number of aromatic nitrogens is 1. The van der Waals surface area contributed by atoms with Crippen LogP contribution in [0, 0.1) is 6.92 Å². The number of benzene rings is 1. The van der Waals surface area contributed by atoms with Crippen molar-refractivity contribution in [1.82, 2.24) is 20.1 Å². The second kappa shape index (κ2) is 8.32. The van der Waals surface area contributed by atoms with Crippen molar-refractivity contribution in [3.8, 4) is 0 Å². The molecular formula is C21H28N4O. The maximum absolute atomic E-state index is 12.8. The molecule has 5 nitrogen and oxygen atoms in total. The van der Waals surface area contributed by atoms with Crippen LogP contribution in [0.5, 0.6) is 0 Å². The number of carbonyl (C=O) groups is 1. The number of nitrogens with one attached hydrogen (secondary N) is 1. The third-order valence-corrected chi connectivity index (χ3v) is 4.94. The molecular weight excluding hydrogens is 324 g/mol.